The van der Waals surface area contributed by atoms with Crippen molar-refractivity contribution in [2.24, 2.45) is 10.7 Å². The van der Waals surface area contributed by atoms with Gasteiger partial charge in [-0.25, -0.2) is 0 Å². The Labute approximate surface area is 116 Å². The smallest absolute Gasteiger partial charge is 0.188 e. The molecule has 0 aliphatic carbocycles. The van der Waals surface area contributed by atoms with Gasteiger partial charge in [-0.2, -0.15) is 0 Å². The fourth-order valence-corrected chi connectivity index (χ4v) is 1.86. The maximum atomic E-state index is 5.70. The van der Waals surface area contributed by atoms with Gasteiger partial charge >= 0.3 is 0 Å². The monoisotopic (exact) mass is 262 g/mol. The van der Waals surface area contributed by atoms with Crippen molar-refractivity contribution in [2.45, 2.75) is 32.9 Å². The Balaban J connectivity index is 2.33. The third-order valence-corrected chi connectivity index (χ3v) is 3.21. The van der Waals surface area contributed by atoms with E-state index in [9.17, 15) is 0 Å². The number of nitrogens with two attached hydrogens (primary N) is 1. The first-order chi connectivity index (χ1) is 9.13. The molecule has 4 nitrogen and oxygen atoms in total. The minimum Gasteiger partial charge on any atom is -0.370 e. The van der Waals surface area contributed by atoms with Crippen molar-refractivity contribution in [2.75, 3.05) is 20.1 Å². The fourth-order valence-electron chi connectivity index (χ4n) is 1.86. The third-order valence-electron chi connectivity index (χ3n) is 3.21. The van der Waals surface area contributed by atoms with Crippen LogP contribution in [0, 0.1) is 0 Å². The van der Waals surface area contributed by atoms with Crippen LogP contribution in [-0.2, 0) is 6.54 Å². The summed E-state index contributed by atoms with van der Waals surface area (Å²) >= 11 is 0. The Morgan fingerprint density at radius 1 is 1.37 bits per heavy atom. The molecule has 1 unspecified atom stereocenters. The number of nitrogens with one attached hydrogen (secondary N) is 1. The zero-order chi connectivity index (χ0) is 14.1. The minimum atomic E-state index is 0.485. The van der Waals surface area contributed by atoms with E-state index in [-0.39, 0.29) is 0 Å². The van der Waals surface area contributed by atoms with E-state index in [1.807, 2.05) is 13.0 Å². The summed E-state index contributed by atoms with van der Waals surface area (Å²) in [5, 5.41) is 3.00. The lowest BCUT2D eigenvalue weighted by molar-refractivity contribution is 0.240. The number of hydrogen-bond acceptors (Lipinski definition) is 2. The van der Waals surface area contributed by atoms with Crippen molar-refractivity contribution in [3.05, 3.63) is 35.9 Å². The van der Waals surface area contributed by atoms with Gasteiger partial charge in [-0.15, -0.1) is 0 Å². The van der Waals surface area contributed by atoms with Crippen LogP contribution in [0.25, 0.3) is 0 Å². The van der Waals surface area contributed by atoms with E-state index in [2.05, 4.69) is 53.4 Å². The van der Waals surface area contributed by atoms with Crippen molar-refractivity contribution in [1.82, 2.24) is 10.2 Å². The zero-order valence-electron chi connectivity index (χ0n) is 12.3. The Hall–Kier alpha value is -1.55. The summed E-state index contributed by atoms with van der Waals surface area (Å²) in [6.07, 6.45) is 1.01. The molecule has 1 aromatic rings. The first kappa shape index (κ1) is 15.5. The van der Waals surface area contributed by atoms with E-state index in [0.717, 1.165) is 26.1 Å². The molecule has 0 aliphatic heterocycles. The van der Waals surface area contributed by atoms with Gasteiger partial charge in [0.25, 0.3) is 0 Å². The molecule has 3 N–H and O–H groups in total. The summed E-state index contributed by atoms with van der Waals surface area (Å²) in [5.74, 6) is 0.542. The quantitative estimate of drug-likeness (QED) is 0.582. The van der Waals surface area contributed by atoms with Gasteiger partial charge in [0.15, 0.2) is 5.96 Å². The molecule has 106 valence electrons. The van der Waals surface area contributed by atoms with Gasteiger partial charge in [-0.05, 0) is 32.9 Å². The molecule has 0 amide bonds. The molecule has 1 aromatic carbocycles. The molecule has 1 rings (SSSR count). The molecule has 0 saturated carbocycles. The highest BCUT2D eigenvalue weighted by Crippen LogP contribution is 2.08. The number of nitrogens with zero attached hydrogens (tertiary/aromatic N) is 2. The van der Waals surface area contributed by atoms with Crippen LogP contribution in [-0.4, -0.2) is 37.0 Å². The van der Waals surface area contributed by atoms with E-state index in [1.54, 1.807) is 0 Å². The van der Waals surface area contributed by atoms with Crippen molar-refractivity contribution in [3.8, 4) is 0 Å². The normalized spacial score (nSPS) is 13.6. The second-order valence-corrected chi connectivity index (χ2v) is 4.84. The van der Waals surface area contributed by atoms with Crippen LogP contribution in [0.15, 0.2) is 35.3 Å². The molecule has 0 spiro atoms. The van der Waals surface area contributed by atoms with Gasteiger partial charge in [0.05, 0.1) is 0 Å². The summed E-state index contributed by atoms with van der Waals surface area (Å²) in [4.78, 5) is 6.64. The fraction of sp³-hybridized carbons (Fsp3) is 0.533. The van der Waals surface area contributed by atoms with Crippen LogP contribution in [0.5, 0.6) is 0 Å². The highest BCUT2D eigenvalue weighted by Gasteiger charge is 2.08. The standard InChI is InChI=1S/C15H26N4/c1-4-17-15(16)18-11-10-13(2)19(3)12-14-8-6-5-7-9-14/h5-9,13H,4,10-12H2,1-3H3,(H3,16,17,18). The summed E-state index contributed by atoms with van der Waals surface area (Å²) in [7, 11) is 2.15. The van der Waals surface area contributed by atoms with E-state index in [4.69, 9.17) is 5.73 Å². The lowest BCUT2D eigenvalue weighted by Crippen LogP contribution is -2.32. The lowest BCUT2D eigenvalue weighted by atomic mass is 10.1. The lowest BCUT2D eigenvalue weighted by Gasteiger charge is -2.24. The van der Waals surface area contributed by atoms with Crippen LogP contribution in [0.3, 0.4) is 0 Å². The largest absolute Gasteiger partial charge is 0.370 e. The average Bonchev–Trinajstić information content (AvgIpc) is 2.40. The van der Waals surface area contributed by atoms with Crippen molar-refractivity contribution >= 4 is 5.96 Å². The minimum absolute atomic E-state index is 0.485. The van der Waals surface area contributed by atoms with Crippen LogP contribution < -0.4 is 11.1 Å². The zero-order valence-corrected chi connectivity index (χ0v) is 12.3. The van der Waals surface area contributed by atoms with Crippen LogP contribution in [0.4, 0.5) is 0 Å². The highest BCUT2D eigenvalue weighted by molar-refractivity contribution is 5.77. The Morgan fingerprint density at radius 3 is 2.68 bits per heavy atom. The Kier molecular flexibility index (Phi) is 6.97. The van der Waals surface area contributed by atoms with Gasteiger partial charge in [0.2, 0.25) is 0 Å². The van der Waals surface area contributed by atoms with Crippen molar-refractivity contribution < 1.29 is 0 Å². The SMILES string of the molecule is CCNC(N)=NCCC(C)N(C)Cc1ccccc1. The Bertz CT molecular complexity index is 375. The van der Waals surface area contributed by atoms with Gasteiger partial charge in [-0.3, -0.25) is 9.89 Å². The number of aliphatic imine (C=N–C) groups is 1. The second kappa shape index (κ2) is 8.53. The van der Waals surface area contributed by atoms with E-state index >= 15 is 0 Å². The first-order valence-corrected chi connectivity index (χ1v) is 6.91. The van der Waals surface area contributed by atoms with E-state index in [0.29, 0.717) is 12.0 Å². The number of guanidine groups is 1. The van der Waals surface area contributed by atoms with Gasteiger partial charge in [0.1, 0.15) is 0 Å². The maximum absolute atomic E-state index is 5.70. The predicted octanol–water partition coefficient (Wildman–Crippen LogP) is 1.82. The maximum Gasteiger partial charge on any atom is 0.188 e. The summed E-state index contributed by atoms with van der Waals surface area (Å²) in [6.45, 7) is 6.78. The molecular weight excluding hydrogens is 236 g/mol. The summed E-state index contributed by atoms with van der Waals surface area (Å²) in [6, 6.07) is 11.0. The molecule has 0 bridgehead atoms. The van der Waals surface area contributed by atoms with E-state index in [1.165, 1.54) is 5.56 Å². The summed E-state index contributed by atoms with van der Waals surface area (Å²) in [5.41, 5.74) is 7.04. The van der Waals surface area contributed by atoms with Crippen LogP contribution in [0.2, 0.25) is 0 Å². The molecular formula is C15H26N4. The number of rotatable bonds is 7. The molecule has 1 atom stereocenters. The Morgan fingerprint density at radius 2 is 2.05 bits per heavy atom. The topological polar surface area (TPSA) is 53.6 Å². The van der Waals surface area contributed by atoms with Gasteiger partial charge in [-0.1, -0.05) is 30.3 Å². The van der Waals surface area contributed by atoms with Gasteiger partial charge in [0, 0.05) is 25.7 Å². The summed E-state index contributed by atoms with van der Waals surface area (Å²) < 4.78 is 0. The molecule has 0 saturated heterocycles. The third kappa shape index (κ3) is 6.25. The molecule has 0 aromatic heterocycles. The predicted molar refractivity (Wildman–Crippen MR) is 82.2 cm³/mol. The molecule has 0 heterocycles. The highest BCUT2D eigenvalue weighted by atomic mass is 15.1. The number of benzene rings is 1. The second-order valence-electron chi connectivity index (χ2n) is 4.84. The molecule has 0 aliphatic rings. The molecule has 4 heteroatoms. The molecule has 0 radical (unpaired) electrons. The number of hydrogen-bond donors (Lipinski definition) is 2. The molecule has 0 fully saturated rings. The van der Waals surface area contributed by atoms with Crippen molar-refractivity contribution in [1.29, 1.82) is 0 Å². The van der Waals surface area contributed by atoms with E-state index < -0.39 is 0 Å². The average molecular weight is 262 g/mol. The van der Waals surface area contributed by atoms with Crippen molar-refractivity contribution in [3.63, 3.8) is 0 Å². The van der Waals surface area contributed by atoms with Gasteiger partial charge < -0.3 is 11.1 Å². The molecule has 19 heavy (non-hydrogen) atoms. The van der Waals surface area contributed by atoms with Crippen LogP contribution >= 0.6 is 0 Å². The first-order valence-electron chi connectivity index (χ1n) is 6.91. The van der Waals surface area contributed by atoms with Crippen LogP contribution in [0.1, 0.15) is 25.8 Å².